The molecule has 9 heteroatoms. The van der Waals surface area contributed by atoms with Gasteiger partial charge < -0.3 is 14.5 Å². The predicted octanol–water partition coefficient (Wildman–Crippen LogP) is 2.48. The molecule has 0 spiro atoms. The average molecular weight is 426 g/mol. The van der Waals surface area contributed by atoms with E-state index in [4.69, 9.17) is 4.74 Å². The van der Waals surface area contributed by atoms with Crippen LogP contribution in [-0.2, 0) is 0 Å². The quantitative estimate of drug-likeness (QED) is 0.641. The number of carbonyl (C=O) groups is 1. The number of piperazine rings is 1. The standard InChI is InChI=1S/C22H20F2N4O3/c1-31-19-14-20(29)28(18-8-4-16(24)5-9-18)25-21(19)22(30)27-12-10-26(11-13-27)17-6-2-15(23)3-7-17/h2-9,14H,10-13H2,1H3. The van der Waals surface area contributed by atoms with Crippen LogP contribution in [0.3, 0.4) is 0 Å². The SMILES string of the molecule is COc1cc(=O)n(-c2ccc(F)cc2)nc1C(=O)N1CCN(c2ccc(F)cc2)CC1. The van der Waals surface area contributed by atoms with E-state index in [2.05, 4.69) is 10.00 Å². The molecular weight excluding hydrogens is 406 g/mol. The molecule has 31 heavy (non-hydrogen) atoms. The van der Waals surface area contributed by atoms with Crippen molar-refractivity contribution in [2.24, 2.45) is 0 Å². The van der Waals surface area contributed by atoms with Crippen LogP contribution in [0, 0.1) is 11.6 Å². The van der Waals surface area contributed by atoms with Crippen molar-refractivity contribution in [3.8, 4) is 11.4 Å². The summed E-state index contributed by atoms with van der Waals surface area (Å²) < 4.78 is 32.7. The number of aromatic nitrogens is 2. The zero-order valence-corrected chi connectivity index (χ0v) is 16.8. The molecule has 1 aromatic heterocycles. The molecule has 0 aliphatic carbocycles. The molecule has 3 aromatic rings. The summed E-state index contributed by atoms with van der Waals surface area (Å²) in [4.78, 5) is 29.3. The second kappa shape index (κ2) is 8.55. The van der Waals surface area contributed by atoms with Gasteiger partial charge in [-0.15, -0.1) is 0 Å². The van der Waals surface area contributed by atoms with Gasteiger partial charge >= 0.3 is 0 Å². The fourth-order valence-corrected chi connectivity index (χ4v) is 3.48. The van der Waals surface area contributed by atoms with Gasteiger partial charge in [-0.05, 0) is 48.5 Å². The molecule has 1 aliphatic heterocycles. The number of ether oxygens (including phenoxy) is 1. The van der Waals surface area contributed by atoms with Gasteiger partial charge in [-0.1, -0.05) is 0 Å². The summed E-state index contributed by atoms with van der Waals surface area (Å²) in [5.41, 5.74) is 0.723. The van der Waals surface area contributed by atoms with E-state index in [0.717, 1.165) is 10.4 Å². The molecule has 1 amide bonds. The molecule has 0 unspecified atom stereocenters. The van der Waals surface area contributed by atoms with E-state index < -0.39 is 11.4 Å². The fraction of sp³-hybridized carbons (Fsp3) is 0.227. The Morgan fingerprint density at radius 2 is 1.45 bits per heavy atom. The molecule has 2 aromatic carbocycles. The maximum Gasteiger partial charge on any atom is 0.278 e. The molecule has 0 atom stereocenters. The van der Waals surface area contributed by atoms with E-state index in [1.54, 1.807) is 17.0 Å². The van der Waals surface area contributed by atoms with Crippen molar-refractivity contribution < 1.29 is 18.3 Å². The monoisotopic (exact) mass is 426 g/mol. The Bertz CT molecular complexity index is 1140. The van der Waals surface area contributed by atoms with Crippen molar-refractivity contribution in [1.29, 1.82) is 0 Å². The second-order valence-corrected chi connectivity index (χ2v) is 7.04. The average Bonchev–Trinajstić information content (AvgIpc) is 2.80. The summed E-state index contributed by atoms with van der Waals surface area (Å²) in [6, 6.07) is 12.6. The molecule has 0 radical (unpaired) electrons. The summed E-state index contributed by atoms with van der Waals surface area (Å²) in [5, 5.41) is 4.22. The van der Waals surface area contributed by atoms with E-state index in [9.17, 15) is 18.4 Å². The molecule has 0 saturated carbocycles. The molecule has 2 heterocycles. The largest absolute Gasteiger partial charge is 0.494 e. The maximum atomic E-state index is 13.2. The van der Waals surface area contributed by atoms with Crippen LogP contribution < -0.4 is 15.2 Å². The number of halogens is 2. The van der Waals surface area contributed by atoms with Gasteiger partial charge in [-0.25, -0.2) is 8.78 Å². The van der Waals surface area contributed by atoms with Gasteiger partial charge in [0.05, 0.1) is 18.9 Å². The van der Waals surface area contributed by atoms with E-state index >= 15 is 0 Å². The first-order chi connectivity index (χ1) is 15.0. The van der Waals surface area contributed by atoms with Gasteiger partial charge in [0, 0.05) is 31.9 Å². The van der Waals surface area contributed by atoms with Crippen LogP contribution in [0.15, 0.2) is 59.4 Å². The maximum absolute atomic E-state index is 13.2. The topological polar surface area (TPSA) is 67.7 Å². The molecule has 160 valence electrons. The third-order valence-corrected chi connectivity index (χ3v) is 5.15. The normalized spacial score (nSPS) is 13.9. The number of hydrogen-bond acceptors (Lipinski definition) is 5. The van der Waals surface area contributed by atoms with Gasteiger partial charge in [-0.2, -0.15) is 9.78 Å². The van der Waals surface area contributed by atoms with Crippen LogP contribution in [0.2, 0.25) is 0 Å². The Morgan fingerprint density at radius 1 is 0.903 bits per heavy atom. The summed E-state index contributed by atoms with van der Waals surface area (Å²) in [5.74, 6) is -1.03. The molecule has 4 rings (SSSR count). The van der Waals surface area contributed by atoms with Gasteiger partial charge in [0.1, 0.15) is 11.6 Å². The Balaban J connectivity index is 1.56. The molecule has 1 aliphatic rings. The van der Waals surface area contributed by atoms with Crippen molar-refractivity contribution in [2.75, 3.05) is 38.2 Å². The lowest BCUT2D eigenvalue weighted by atomic mass is 10.2. The fourth-order valence-electron chi connectivity index (χ4n) is 3.48. The third kappa shape index (κ3) is 4.25. The van der Waals surface area contributed by atoms with Crippen LogP contribution in [0.25, 0.3) is 5.69 Å². The summed E-state index contributed by atoms with van der Waals surface area (Å²) in [6.07, 6.45) is 0. The van der Waals surface area contributed by atoms with Crippen LogP contribution >= 0.6 is 0 Å². The first-order valence-electron chi connectivity index (χ1n) is 9.70. The minimum absolute atomic E-state index is 0.00153. The zero-order chi connectivity index (χ0) is 22.0. The van der Waals surface area contributed by atoms with Crippen molar-refractivity contribution >= 4 is 11.6 Å². The van der Waals surface area contributed by atoms with Gasteiger partial charge in [-0.3, -0.25) is 9.59 Å². The van der Waals surface area contributed by atoms with Crippen LogP contribution in [0.4, 0.5) is 14.5 Å². The van der Waals surface area contributed by atoms with Crippen molar-refractivity contribution in [1.82, 2.24) is 14.7 Å². The predicted molar refractivity (Wildman–Crippen MR) is 111 cm³/mol. The molecule has 1 saturated heterocycles. The summed E-state index contributed by atoms with van der Waals surface area (Å²) in [7, 11) is 1.36. The Kier molecular flexibility index (Phi) is 5.66. The van der Waals surface area contributed by atoms with Crippen molar-refractivity contribution in [3.05, 3.63) is 82.3 Å². The number of anilines is 1. The highest BCUT2D eigenvalue weighted by Gasteiger charge is 2.27. The van der Waals surface area contributed by atoms with Crippen LogP contribution in [0.1, 0.15) is 10.5 Å². The van der Waals surface area contributed by atoms with E-state index in [1.165, 1.54) is 49.6 Å². The lowest BCUT2D eigenvalue weighted by molar-refractivity contribution is 0.0734. The molecule has 7 nitrogen and oxygen atoms in total. The number of hydrogen-bond donors (Lipinski definition) is 0. The molecular formula is C22H20F2N4O3. The Hall–Kier alpha value is -3.75. The van der Waals surface area contributed by atoms with Gasteiger partial charge in [0.25, 0.3) is 11.5 Å². The lowest BCUT2D eigenvalue weighted by Crippen LogP contribution is -2.49. The lowest BCUT2D eigenvalue weighted by Gasteiger charge is -2.36. The van der Waals surface area contributed by atoms with Crippen molar-refractivity contribution in [3.63, 3.8) is 0 Å². The zero-order valence-electron chi connectivity index (χ0n) is 16.8. The van der Waals surface area contributed by atoms with Gasteiger partial charge in [0.2, 0.25) is 0 Å². The third-order valence-electron chi connectivity index (χ3n) is 5.15. The van der Waals surface area contributed by atoms with Crippen LogP contribution in [-0.4, -0.2) is 53.9 Å². The van der Waals surface area contributed by atoms with E-state index in [-0.39, 0.29) is 23.2 Å². The van der Waals surface area contributed by atoms with Crippen molar-refractivity contribution in [2.45, 2.75) is 0 Å². The summed E-state index contributed by atoms with van der Waals surface area (Å²) in [6.45, 7) is 1.99. The Labute approximate surface area is 177 Å². The Morgan fingerprint density at radius 3 is 2.00 bits per heavy atom. The number of carbonyl (C=O) groups excluding carboxylic acids is 1. The highest BCUT2D eigenvalue weighted by atomic mass is 19.1. The van der Waals surface area contributed by atoms with E-state index in [1.807, 2.05) is 0 Å². The highest BCUT2D eigenvalue weighted by Crippen LogP contribution is 2.20. The number of nitrogens with zero attached hydrogens (tertiary/aromatic N) is 4. The number of rotatable bonds is 4. The number of methoxy groups -OCH3 is 1. The highest BCUT2D eigenvalue weighted by molar-refractivity contribution is 5.95. The molecule has 1 fully saturated rings. The second-order valence-electron chi connectivity index (χ2n) is 7.04. The first kappa shape index (κ1) is 20.5. The number of amides is 1. The number of benzene rings is 2. The van der Waals surface area contributed by atoms with E-state index in [0.29, 0.717) is 31.9 Å². The minimum Gasteiger partial charge on any atom is -0.494 e. The molecule has 0 N–H and O–H groups in total. The van der Waals surface area contributed by atoms with Crippen LogP contribution in [0.5, 0.6) is 5.75 Å². The summed E-state index contributed by atoms with van der Waals surface area (Å²) >= 11 is 0. The van der Waals surface area contributed by atoms with Gasteiger partial charge in [0.15, 0.2) is 11.4 Å². The molecule has 0 bridgehead atoms. The first-order valence-corrected chi connectivity index (χ1v) is 9.70. The smallest absolute Gasteiger partial charge is 0.278 e. The minimum atomic E-state index is -0.499.